The van der Waals surface area contributed by atoms with E-state index in [1.807, 2.05) is 37.3 Å². The fourth-order valence-electron chi connectivity index (χ4n) is 1.45. The van der Waals surface area contributed by atoms with Gasteiger partial charge in [-0.05, 0) is 19.1 Å². The molecule has 15 heavy (non-hydrogen) atoms. The first-order chi connectivity index (χ1) is 7.20. The zero-order chi connectivity index (χ0) is 10.8. The van der Waals surface area contributed by atoms with Gasteiger partial charge in [-0.15, -0.1) is 0 Å². The van der Waals surface area contributed by atoms with Crippen molar-refractivity contribution in [2.75, 3.05) is 5.73 Å². The third-order valence-corrected chi connectivity index (χ3v) is 2.78. The second-order valence-corrected chi connectivity index (χ2v) is 4.19. The highest BCUT2D eigenvalue weighted by atomic mass is 79.9. The maximum atomic E-state index is 5.81. The lowest BCUT2D eigenvalue weighted by molar-refractivity contribution is 0.672. The maximum Gasteiger partial charge on any atom is 0.122 e. The van der Waals surface area contributed by atoms with Gasteiger partial charge in [0, 0.05) is 22.6 Å². The van der Waals surface area contributed by atoms with E-state index >= 15 is 0 Å². The van der Waals surface area contributed by atoms with Crippen molar-refractivity contribution in [3.05, 3.63) is 34.8 Å². The summed E-state index contributed by atoms with van der Waals surface area (Å²) in [6, 6.07) is 9.93. The number of nitrogens with two attached hydrogens (primary N) is 1. The summed E-state index contributed by atoms with van der Waals surface area (Å²) in [7, 11) is 0. The Labute approximate surface area is 97.0 Å². The zero-order valence-corrected chi connectivity index (χ0v) is 10.0. The fourth-order valence-corrected chi connectivity index (χ4v) is 1.71. The average molecular weight is 266 g/mol. The Morgan fingerprint density at radius 1 is 1.33 bits per heavy atom. The van der Waals surface area contributed by atoms with E-state index in [4.69, 9.17) is 5.73 Å². The molecule has 3 nitrogen and oxygen atoms in total. The van der Waals surface area contributed by atoms with Gasteiger partial charge in [-0.3, -0.25) is 0 Å². The SMILES string of the molecule is CCn1nc(-c2ccc(Br)cc2)cc1N. The summed E-state index contributed by atoms with van der Waals surface area (Å²) in [5.41, 5.74) is 7.81. The number of aryl methyl sites for hydroxylation is 1. The first kappa shape index (κ1) is 10.2. The zero-order valence-electron chi connectivity index (χ0n) is 8.44. The number of halogens is 1. The average Bonchev–Trinajstić information content (AvgIpc) is 2.61. The van der Waals surface area contributed by atoms with E-state index in [1.54, 1.807) is 4.68 Å². The molecule has 0 aliphatic carbocycles. The van der Waals surface area contributed by atoms with Gasteiger partial charge in [0.1, 0.15) is 5.82 Å². The number of aromatic nitrogens is 2. The molecule has 0 aliphatic rings. The smallest absolute Gasteiger partial charge is 0.122 e. The second kappa shape index (κ2) is 4.06. The summed E-state index contributed by atoms with van der Waals surface area (Å²) >= 11 is 3.40. The molecule has 2 aromatic rings. The van der Waals surface area contributed by atoms with Crippen LogP contribution in [0.15, 0.2) is 34.8 Å². The van der Waals surface area contributed by atoms with E-state index in [0.717, 1.165) is 22.3 Å². The standard InChI is InChI=1S/C11H12BrN3/c1-2-15-11(13)7-10(14-15)8-3-5-9(12)6-4-8/h3-7H,2,13H2,1H3. The molecular weight excluding hydrogens is 254 g/mol. The van der Waals surface area contributed by atoms with Gasteiger partial charge in [0.05, 0.1) is 5.69 Å². The van der Waals surface area contributed by atoms with Crippen molar-refractivity contribution in [1.82, 2.24) is 9.78 Å². The minimum atomic E-state index is 0.704. The topological polar surface area (TPSA) is 43.8 Å². The van der Waals surface area contributed by atoms with Crippen molar-refractivity contribution in [2.45, 2.75) is 13.5 Å². The second-order valence-electron chi connectivity index (χ2n) is 3.28. The number of nitrogen functional groups attached to an aromatic ring is 1. The molecule has 0 fully saturated rings. The highest BCUT2D eigenvalue weighted by molar-refractivity contribution is 9.10. The first-order valence-corrected chi connectivity index (χ1v) is 5.59. The van der Waals surface area contributed by atoms with Crippen LogP contribution in [-0.2, 0) is 6.54 Å². The normalized spacial score (nSPS) is 10.5. The third kappa shape index (κ3) is 2.04. The number of nitrogens with zero attached hydrogens (tertiary/aromatic N) is 2. The van der Waals surface area contributed by atoms with Crippen molar-refractivity contribution in [2.24, 2.45) is 0 Å². The van der Waals surface area contributed by atoms with Crippen LogP contribution in [-0.4, -0.2) is 9.78 Å². The maximum absolute atomic E-state index is 5.81. The first-order valence-electron chi connectivity index (χ1n) is 4.80. The monoisotopic (exact) mass is 265 g/mol. The van der Waals surface area contributed by atoms with Gasteiger partial charge in [0.15, 0.2) is 0 Å². The van der Waals surface area contributed by atoms with Gasteiger partial charge < -0.3 is 5.73 Å². The largest absolute Gasteiger partial charge is 0.384 e. The van der Waals surface area contributed by atoms with E-state index in [0.29, 0.717) is 5.82 Å². The predicted octanol–water partition coefficient (Wildman–Crippen LogP) is 2.91. The lowest BCUT2D eigenvalue weighted by Crippen LogP contribution is -2.01. The number of rotatable bonds is 2. The molecule has 0 spiro atoms. The van der Waals surface area contributed by atoms with Crippen LogP contribution in [0.25, 0.3) is 11.3 Å². The summed E-state index contributed by atoms with van der Waals surface area (Å²) in [6.07, 6.45) is 0. The molecule has 1 heterocycles. The van der Waals surface area contributed by atoms with E-state index in [-0.39, 0.29) is 0 Å². The van der Waals surface area contributed by atoms with Crippen LogP contribution in [0.5, 0.6) is 0 Å². The Balaban J connectivity index is 2.41. The van der Waals surface area contributed by atoms with Crippen molar-refractivity contribution < 1.29 is 0 Å². The molecule has 0 aliphatic heterocycles. The third-order valence-electron chi connectivity index (χ3n) is 2.25. The lowest BCUT2D eigenvalue weighted by Gasteiger charge is -1.97. The van der Waals surface area contributed by atoms with E-state index < -0.39 is 0 Å². The molecule has 0 unspecified atom stereocenters. The number of hydrogen-bond donors (Lipinski definition) is 1. The molecule has 2 rings (SSSR count). The lowest BCUT2D eigenvalue weighted by atomic mass is 10.2. The molecule has 0 saturated heterocycles. The Morgan fingerprint density at radius 3 is 2.53 bits per heavy atom. The van der Waals surface area contributed by atoms with Crippen LogP contribution < -0.4 is 5.73 Å². The highest BCUT2D eigenvalue weighted by Crippen LogP contribution is 2.22. The van der Waals surface area contributed by atoms with E-state index in [1.165, 1.54) is 0 Å². The van der Waals surface area contributed by atoms with Crippen LogP contribution in [0.4, 0.5) is 5.82 Å². The molecule has 0 amide bonds. The minimum Gasteiger partial charge on any atom is -0.384 e. The molecule has 0 atom stereocenters. The van der Waals surface area contributed by atoms with Gasteiger partial charge in [-0.1, -0.05) is 28.1 Å². The van der Waals surface area contributed by atoms with Crippen LogP contribution in [0.2, 0.25) is 0 Å². The van der Waals surface area contributed by atoms with Crippen LogP contribution in [0, 0.1) is 0 Å². The molecule has 78 valence electrons. The van der Waals surface area contributed by atoms with Gasteiger partial charge in [-0.2, -0.15) is 5.10 Å². The van der Waals surface area contributed by atoms with Crippen molar-refractivity contribution >= 4 is 21.7 Å². The summed E-state index contributed by atoms with van der Waals surface area (Å²) in [4.78, 5) is 0. The molecule has 0 saturated carbocycles. The van der Waals surface area contributed by atoms with Gasteiger partial charge in [-0.25, -0.2) is 4.68 Å². The van der Waals surface area contributed by atoms with Gasteiger partial charge in [0.2, 0.25) is 0 Å². The minimum absolute atomic E-state index is 0.704. The fraction of sp³-hybridized carbons (Fsp3) is 0.182. The summed E-state index contributed by atoms with van der Waals surface area (Å²) in [6.45, 7) is 2.82. The van der Waals surface area contributed by atoms with Crippen LogP contribution in [0.3, 0.4) is 0 Å². The predicted molar refractivity (Wildman–Crippen MR) is 65.4 cm³/mol. The molecule has 4 heteroatoms. The Kier molecular flexibility index (Phi) is 2.77. The quantitative estimate of drug-likeness (QED) is 0.908. The Hall–Kier alpha value is -1.29. The van der Waals surface area contributed by atoms with E-state index in [9.17, 15) is 0 Å². The summed E-state index contributed by atoms with van der Waals surface area (Å²) < 4.78 is 2.85. The van der Waals surface area contributed by atoms with Crippen molar-refractivity contribution in [3.8, 4) is 11.3 Å². The van der Waals surface area contributed by atoms with Gasteiger partial charge >= 0.3 is 0 Å². The highest BCUT2D eigenvalue weighted by Gasteiger charge is 2.05. The molecule has 0 radical (unpaired) electrons. The van der Waals surface area contributed by atoms with Crippen LogP contribution >= 0.6 is 15.9 Å². The molecule has 1 aromatic carbocycles. The van der Waals surface area contributed by atoms with E-state index in [2.05, 4.69) is 21.0 Å². The molecule has 0 bridgehead atoms. The van der Waals surface area contributed by atoms with Crippen molar-refractivity contribution in [1.29, 1.82) is 0 Å². The Morgan fingerprint density at radius 2 is 2.00 bits per heavy atom. The summed E-state index contributed by atoms with van der Waals surface area (Å²) in [5.74, 6) is 0.704. The number of hydrogen-bond acceptors (Lipinski definition) is 2. The molecule has 1 aromatic heterocycles. The number of anilines is 1. The van der Waals surface area contributed by atoms with Crippen molar-refractivity contribution in [3.63, 3.8) is 0 Å². The number of benzene rings is 1. The molecular formula is C11H12BrN3. The van der Waals surface area contributed by atoms with Crippen LogP contribution in [0.1, 0.15) is 6.92 Å². The van der Waals surface area contributed by atoms with Gasteiger partial charge in [0.25, 0.3) is 0 Å². The Bertz CT molecular complexity index is 459. The summed E-state index contributed by atoms with van der Waals surface area (Å²) in [5, 5.41) is 4.40. The molecule has 2 N–H and O–H groups in total.